The van der Waals surface area contributed by atoms with Gasteiger partial charge in [0.15, 0.2) is 0 Å². The second kappa shape index (κ2) is 9.45. The molecule has 0 saturated carbocycles. The van der Waals surface area contributed by atoms with Crippen LogP contribution in [0.3, 0.4) is 0 Å². The van der Waals surface area contributed by atoms with Crippen molar-refractivity contribution in [2.24, 2.45) is 10.2 Å². The summed E-state index contributed by atoms with van der Waals surface area (Å²) in [6.07, 6.45) is 3.85. The van der Waals surface area contributed by atoms with E-state index in [1.165, 1.54) is 0 Å². The standard InChI is InChI=1S/C20H34N4/c1-15(2)23(16(3)4)21-13-19-9-11-20(12-10-19)14-22-24(17(5)6)18(7)8/h9-18H,1-8H3/b21-13+,22-14+. The molecule has 24 heavy (non-hydrogen) atoms. The predicted octanol–water partition coefficient (Wildman–Crippen LogP) is 4.59. The molecule has 0 aliphatic rings. The average molecular weight is 331 g/mol. The third kappa shape index (κ3) is 6.34. The van der Waals surface area contributed by atoms with Crippen LogP contribution >= 0.6 is 0 Å². The van der Waals surface area contributed by atoms with Gasteiger partial charge < -0.3 is 0 Å². The van der Waals surface area contributed by atoms with Gasteiger partial charge in [-0.2, -0.15) is 10.2 Å². The summed E-state index contributed by atoms with van der Waals surface area (Å²) >= 11 is 0. The van der Waals surface area contributed by atoms with Crippen LogP contribution in [0.15, 0.2) is 34.5 Å². The van der Waals surface area contributed by atoms with Gasteiger partial charge in [-0.25, -0.2) is 0 Å². The fraction of sp³-hybridized carbons (Fsp3) is 0.600. The van der Waals surface area contributed by atoms with E-state index in [1.54, 1.807) is 0 Å². The van der Waals surface area contributed by atoms with Gasteiger partial charge in [0, 0.05) is 24.2 Å². The highest BCUT2D eigenvalue weighted by Gasteiger charge is 2.10. The summed E-state index contributed by atoms with van der Waals surface area (Å²) in [6.45, 7) is 17.3. The van der Waals surface area contributed by atoms with Crippen molar-refractivity contribution in [2.45, 2.75) is 79.6 Å². The van der Waals surface area contributed by atoms with Crippen LogP contribution in [0, 0.1) is 0 Å². The van der Waals surface area contributed by atoms with Crippen LogP contribution in [0.4, 0.5) is 0 Å². The minimum absolute atomic E-state index is 0.394. The Bertz CT molecular complexity index is 462. The monoisotopic (exact) mass is 330 g/mol. The predicted molar refractivity (Wildman–Crippen MR) is 106 cm³/mol. The Morgan fingerprint density at radius 2 is 0.833 bits per heavy atom. The van der Waals surface area contributed by atoms with Crippen LogP contribution in [0.1, 0.15) is 66.5 Å². The molecule has 0 amide bonds. The van der Waals surface area contributed by atoms with Crippen molar-refractivity contribution >= 4 is 12.4 Å². The Morgan fingerprint density at radius 1 is 0.583 bits per heavy atom. The highest BCUT2D eigenvalue weighted by Crippen LogP contribution is 2.08. The van der Waals surface area contributed by atoms with Crippen molar-refractivity contribution in [1.82, 2.24) is 10.0 Å². The van der Waals surface area contributed by atoms with Crippen molar-refractivity contribution in [2.75, 3.05) is 0 Å². The van der Waals surface area contributed by atoms with Crippen molar-refractivity contribution in [3.05, 3.63) is 35.4 Å². The van der Waals surface area contributed by atoms with Gasteiger partial charge in [-0.05, 0) is 66.5 Å². The molecule has 0 aliphatic carbocycles. The molecule has 0 radical (unpaired) electrons. The van der Waals surface area contributed by atoms with Crippen LogP contribution in [-0.4, -0.2) is 46.6 Å². The van der Waals surface area contributed by atoms with Crippen molar-refractivity contribution in [3.8, 4) is 0 Å². The van der Waals surface area contributed by atoms with Crippen LogP contribution in [-0.2, 0) is 0 Å². The maximum absolute atomic E-state index is 4.61. The first kappa shape index (κ1) is 20.2. The number of benzene rings is 1. The fourth-order valence-electron chi connectivity index (χ4n) is 2.66. The molecule has 4 heteroatoms. The van der Waals surface area contributed by atoms with E-state index in [4.69, 9.17) is 0 Å². The van der Waals surface area contributed by atoms with E-state index in [0.29, 0.717) is 24.2 Å². The number of nitrogens with zero attached hydrogens (tertiary/aromatic N) is 4. The van der Waals surface area contributed by atoms with E-state index in [0.717, 1.165) is 11.1 Å². The second-order valence-electron chi connectivity index (χ2n) is 7.29. The topological polar surface area (TPSA) is 31.2 Å². The molecule has 1 aromatic rings. The fourth-order valence-corrected chi connectivity index (χ4v) is 2.66. The Morgan fingerprint density at radius 3 is 1.04 bits per heavy atom. The van der Waals surface area contributed by atoms with Gasteiger partial charge in [0.05, 0.1) is 12.4 Å². The lowest BCUT2D eigenvalue weighted by Crippen LogP contribution is -2.32. The summed E-state index contributed by atoms with van der Waals surface area (Å²) in [5.41, 5.74) is 2.20. The van der Waals surface area contributed by atoms with Crippen molar-refractivity contribution < 1.29 is 0 Å². The van der Waals surface area contributed by atoms with E-state index in [1.807, 2.05) is 12.4 Å². The van der Waals surface area contributed by atoms with E-state index < -0.39 is 0 Å². The molecule has 0 saturated heterocycles. The molecule has 0 spiro atoms. The maximum atomic E-state index is 4.61. The second-order valence-corrected chi connectivity index (χ2v) is 7.29. The normalized spacial score (nSPS) is 12.5. The molecule has 4 nitrogen and oxygen atoms in total. The van der Waals surface area contributed by atoms with Crippen molar-refractivity contribution in [1.29, 1.82) is 0 Å². The highest BCUT2D eigenvalue weighted by molar-refractivity contribution is 5.83. The zero-order chi connectivity index (χ0) is 18.3. The highest BCUT2D eigenvalue weighted by atomic mass is 15.5. The van der Waals surface area contributed by atoms with Gasteiger partial charge in [-0.15, -0.1) is 0 Å². The summed E-state index contributed by atoms with van der Waals surface area (Å²) in [5, 5.41) is 13.4. The molecule has 0 fully saturated rings. The lowest BCUT2D eigenvalue weighted by atomic mass is 10.1. The average Bonchev–Trinajstić information content (AvgIpc) is 2.47. The third-order valence-electron chi connectivity index (χ3n) is 3.73. The zero-order valence-electron chi connectivity index (χ0n) is 16.6. The van der Waals surface area contributed by atoms with Crippen LogP contribution in [0.25, 0.3) is 0 Å². The molecular weight excluding hydrogens is 296 g/mol. The zero-order valence-corrected chi connectivity index (χ0v) is 16.6. The molecule has 0 aliphatic heterocycles. The van der Waals surface area contributed by atoms with E-state index >= 15 is 0 Å². The van der Waals surface area contributed by atoms with E-state index in [2.05, 4.69) is 99.9 Å². The molecule has 0 atom stereocenters. The molecule has 0 unspecified atom stereocenters. The first-order valence-corrected chi connectivity index (χ1v) is 8.97. The minimum Gasteiger partial charge on any atom is -0.292 e. The SMILES string of the molecule is CC(C)N(/N=C/c1ccc(/C=N/N(C(C)C)C(C)C)cc1)C(C)C. The van der Waals surface area contributed by atoms with Gasteiger partial charge in [-0.3, -0.25) is 10.0 Å². The minimum atomic E-state index is 0.394. The number of hydrazone groups is 2. The van der Waals surface area contributed by atoms with Crippen molar-refractivity contribution in [3.63, 3.8) is 0 Å². The molecule has 134 valence electrons. The Balaban J connectivity index is 2.79. The summed E-state index contributed by atoms with van der Waals surface area (Å²) in [5.74, 6) is 0. The quantitative estimate of drug-likeness (QED) is 0.515. The Kier molecular flexibility index (Phi) is 7.96. The summed E-state index contributed by atoms with van der Waals surface area (Å²) in [6, 6.07) is 9.91. The van der Waals surface area contributed by atoms with Gasteiger partial charge in [0.1, 0.15) is 0 Å². The van der Waals surface area contributed by atoms with Crippen LogP contribution in [0.5, 0.6) is 0 Å². The summed E-state index contributed by atoms with van der Waals surface area (Å²) < 4.78 is 0. The van der Waals surface area contributed by atoms with Gasteiger partial charge in [0.2, 0.25) is 0 Å². The Labute approximate surface area is 148 Å². The summed E-state index contributed by atoms with van der Waals surface area (Å²) in [7, 11) is 0. The van der Waals surface area contributed by atoms with Crippen LogP contribution < -0.4 is 0 Å². The largest absolute Gasteiger partial charge is 0.292 e. The molecule has 1 aromatic carbocycles. The number of hydrogen-bond acceptors (Lipinski definition) is 4. The summed E-state index contributed by atoms with van der Waals surface area (Å²) in [4.78, 5) is 0. The number of rotatable bonds is 8. The Hall–Kier alpha value is -1.84. The van der Waals surface area contributed by atoms with Crippen LogP contribution in [0.2, 0.25) is 0 Å². The maximum Gasteiger partial charge on any atom is 0.0543 e. The first-order chi connectivity index (χ1) is 11.2. The molecule has 1 rings (SSSR count). The molecular formula is C20H34N4. The van der Waals surface area contributed by atoms with Gasteiger partial charge in [-0.1, -0.05) is 24.3 Å². The number of hydrogen-bond donors (Lipinski definition) is 0. The van der Waals surface area contributed by atoms with Gasteiger partial charge >= 0.3 is 0 Å². The smallest absolute Gasteiger partial charge is 0.0543 e. The lowest BCUT2D eigenvalue weighted by Gasteiger charge is -2.27. The third-order valence-corrected chi connectivity index (χ3v) is 3.73. The molecule has 0 N–H and O–H groups in total. The van der Waals surface area contributed by atoms with E-state index in [-0.39, 0.29) is 0 Å². The lowest BCUT2D eigenvalue weighted by molar-refractivity contribution is 0.184. The molecule has 0 aromatic heterocycles. The molecule has 0 bridgehead atoms. The van der Waals surface area contributed by atoms with E-state index in [9.17, 15) is 0 Å². The first-order valence-electron chi connectivity index (χ1n) is 8.97. The molecule has 0 heterocycles. The van der Waals surface area contributed by atoms with Gasteiger partial charge in [0.25, 0.3) is 0 Å².